The highest BCUT2D eigenvalue weighted by atomic mass is 32.2. The number of rotatable bonds is 7. The standard InChI is InChI=1S/C25H42N6O4S2/c1-15-9-18(19-10-16(11-26)7-8-22(19)35-2)20(12-27-15)24(32)29-25-28-21-13-31(14-23(21)36-25)37(33,34)30-17-5-3-4-6-17/h15-23,25,27-28,30H,3-10,12-14H2,1-2H3,(H,29,32). The normalized spacial score (nSPS) is 41.4. The van der Waals surface area contributed by atoms with Crippen LogP contribution >= 0.6 is 11.8 Å². The average Bonchev–Trinajstić information content (AvgIpc) is 3.60. The Balaban J connectivity index is 1.18. The van der Waals surface area contributed by atoms with Crippen LogP contribution in [-0.4, -0.2) is 80.4 Å². The molecule has 9 atom stereocenters. The topological polar surface area (TPSA) is 136 Å². The molecule has 3 aliphatic heterocycles. The van der Waals surface area contributed by atoms with Gasteiger partial charge in [-0.1, -0.05) is 12.8 Å². The highest BCUT2D eigenvalue weighted by Gasteiger charge is 2.48. The molecule has 2 aliphatic carbocycles. The second-order valence-electron chi connectivity index (χ2n) is 11.7. The summed E-state index contributed by atoms with van der Waals surface area (Å²) in [6, 6.07) is 2.85. The van der Waals surface area contributed by atoms with E-state index in [1.54, 1.807) is 23.2 Å². The molecule has 4 N–H and O–H groups in total. The first-order valence-electron chi connectivity index (χ1n) is 13.9. The maximum Gasteiger partial charge on any atom is 0.279 e. The summed E-state index contributed by atoms with van der Waals surface area (Å²) in [6.45, 7) is 3.65. The van der Waals surface area contributed by atoms with Crippen molar-refractivity contribution >= 4 is 27.9 Å². The fourth-order valence-corrected chi connectivity index (χ4v) is 10.2. The third-order valence-electron chi connectivity index (χ3n) is 9.23. The molecule has 2 saturated carbocycles. The molecule has 0 aromatic heterocycles. The SMILES string of the molecule is COC1CCC(C#N)CC1C1CC(C)NCC1C(=O)NC1NC2CN(S(=O)(=O)NC3CCCC3)CC2S1. The van der Waals surface area contributed by atoms with Crippen molar-refractivity contribution in [3.8, 4) is 6.07 Å². The lowest BCUT2D eigenvalue weighted by Gasteiger charge is -2.44. The zero-order valence-electron chi connectivity index (χ0n) is 21.9. The molecule has 10 nitrogen and oxygen atoms in total. The summed E-state index contributed by atoms with van der Waals surface area (Å²) in [5, 5.41) is 19.8. The van der Waals surface area contributed by atoms with Crippen molar-refractivity contribution in [1.29, 1.82) is 5.26 Å². The van der Waals surface area contributed by atoms with Crippen LogP contribution in [0.15, 0.2) is 0 Å². The van der Waals surface area contributed by atoms with Crippen LogP contribution in [0.5, 0.6) is 0 Å². The Morgan fingerprint density at radius 1 is 1.14 bits per heavy atom. The number of fused-ring (bicyclic) bond motifs is 1. The number of ether oxygens (including phenoxy) is 1. The summed E-state index contributed by atoms with van der Waals surface area (Å²) in [4.78, 5) is 13.6. The maximum atomic E-state index is 13.6. The lowest BCUT2D eigenvalue weighted by atomic mass is 9.66. The Hall–Kier alpha value is -0.940. The first-order chi connectivity index (χ1) is 17.8. The van der Waals surface area contributed by atoms with Gasteiger partial charge in [0.05, 0.1) is 18.1 Å². The Bertz CT molecular complexity index is 957. The van der Waals surface area contributed by atoms with Gasteiger partial charge in [0.25, 0.3) is 10.2 Å². The van der Waals surface area contributed by atoms with Crippen molar-refractivity contribution < 1.29 is 17.9 Å². The van der Waals surface area contributed by atoms with Gasteiger partial charge in [-0.25, -0.2) is 0 Å². The van der Waals surface area contributed by atoms with Gasteiger partial charge in [0.15, 0.2) is 0 Å². The van der Waals surface area contributed by atoms with E-state index in [1.807, 2.05) is 0 Å². The van der Waals surface area contributed by atoms with Gasteiger partial charge in [-0.3, -0.25) is 10.1 Å². The fraction of sp³-hybridized carbons (Fsp3) is 0.920. The summed E-state index contributed by atoms with van der Waals surface area (Å²) in [5.74, 6) is 0.213. The van der Waals surface area contributed by atoms with E-state index in [9.17, 15) is 18.5 Å². The van der Waals surface area contributed by atoms with Crippen molar-refractivity contribution in [2.45, 2.75) is 93.3 Å². The van der Waals surface area contributed by atoms with Crippen LogP contribution in [0.1, 0.15) is 58.3 Å². The first kappa shape index (κ1) is 27.6. The molecule has 5 rings (SSSR count). The van der Waals surface area contributed by atoms with Crippen LogP contribution in [-0.2, 0) is 19.7 Å². The van der Waals surface area contributed by atoms with Crippen molar-refractivity contribution in [1.82, 2.24) is 25.0 Å². The van der Waals surface area contributed by atoms with Gasteiger partial charge in [0.2, 0.25) is 5.91 Å². The highest BCUT2D eigenvalue weighted by Crippen LogP contribution is 2.42. The molecule has 0 radical (unpaired) electrons. The van der Waals surface area contributed by atoms with Gasteiger partial charge in [-0.2, -0.15) is 22.7 Å². The number of methoxy groups -OCH3 is 1. The molecule has 3 saturated heterocycles. The number of hydrogen-bond donors (Lipinski definition) is 4. The van der Waals surface area contributed by atoms with E-state index in [0.717, 1.165) is 51.4 Å². The van der Waals surface area contributed by atoms with Crippen LogP contribution in [0, 0.1) is 35.0 Å². The third kappa shape index (κ3) is 6.13. The van der Waals surface area contributed by atoms with E-state index in [-0.39, 0.29) is 58.5 Å². The predicted octanol–water partition coefficient (Wildman–Crippen LogP) is 1.12. The summed E-state index contributed by atoms with van der Waals surface area (Å²) in [5.41, 5.74) is -0.230. The molecular formula is C25H42N6O4S2. The number of thioether (sulfide) groups is 1. The summed E-state index contributed by atoms with van der Waals surface area (Å²) in [6.07, 6.45) is 7.48. The van der Waals surface area contributed by atoms with E-state index in [1.165, 1.54) is 0 Å². The molecule has 3 heterocycles. The molecule has 0 aromatic carbocycles. The largest absolute Gasteiger partial charge is 0.381 e. The van der Waals surface area contributed by atoms with Crippen LogP contribution in [0.25, 0.3) is 0 Å². The van der Waals surface area contributed by atoms with Gasteiger partial charge >= 0.3 is 0 Å². The monoisotopic (exact) mass is 554 g/mol. The van der Waals surface area contributed by atoms with Crippen molar-refractivity contribution in [2.24, 2.45) is 23.7 Å². The van der Waals surface area contributed by atoms with Crippen LogP contribution < -0.4 is 20.7 Å². The van der Waals surface area contributed by atoms with Gasteiger partial charge in [0.1, 0.15) is 5.50 Å². The Morgan fingerprint density at radius 3 is 2.62 bits per heavy atom. The lowest BCUT2D eigenvalue weighted by Crippen LogP contribution is -2.55. The summed E-state index contributed by atoms with van der Waals surface area (Å²) >= 11 is 1.62. The molecule has 0 bridgehead atoms. The zero-order valence-corrected chi connectivity index (χ0v) is 23.5. The van der Waals surface area contributed by atoms with E-state index < -0.39 is 10.2 Å². The molecule has 1 amide bonds. The minimum absolute atomic E-state index is 0.0170. The Labute approximate surface area is 225 Å². The van der Waals surface area contributed by atoms with Gasteiger partial charge < -0.3 is 15.4 Å². The number of nitriles is 1. The Morgan fingerprint density at radius 2 is 1.92 bits per heavy atom. The van der Waals surface area contributed by atoms with Crippen LogP contribution in [0.4, 0.5) is 0 Å². The van der Waals surface area contributed by atoms with Crippen molar-refractivity contribution in [3.63, 3.8) is 0 Å². The van der Waals surface area contributed by atoms with E-state index in [0.29, 0.717) is 25.7 Å². The van der Waals surface area contributed by atoms with Crippen molar-refractivity contribution in [3.05, 3.63) is 0 Å². The van der Waals surface area contributed by atoms with Crippen molar-refractivity contribution in [2.75, 3.05) is 26.7 Å². The Kier molecular flexibility index (Phi) is 8.70. The number of carbonyl (C=O) groups is 1. The minimum atomic E-state index is -3.48. The van der Waals surface area contributed by atoms with Gasteiger partial charge in [0, 0.05) is 56.0 Å². The number of amides is 1. The summed E-state index contributed by atoms with van der Waals surface area (Å²) in [7, 11) is -1.74. The van der Waals surface area contributed by atoms with Gasteiger partial charge in [-0.15, -0.1) is 11.8 Å². The smallest absolute Gasteiger partial charge is 0.279 e. The molecule has 9 unspecified atom stereocenters. The molecule has 5 fully saturated rings. The predicted molar refractivity (Wildman–Crippen MR) is 142 cm³/mol. The number of nitrogens with zero attached hydrogens (tertiary/aromatic N) is 2. The first-order valence-corrected chi connectivity index (χ1v) is 16.3. The number of carbonyl (C=O) groups excluding carboxylic acids is 1. The molecule has 208 valence electrons. The highest BCUT2D eigenvalue weighted by molar-refractivity contribution is 8.00. The van der Waals surface area contributed by atoms with E-state index in [2.05, 4.69) is 33.7 Å². The van der Waals surface area contributed by atoms with E-state index in [4.69, 9.17) is 4.74 Å². The fourth-order valence-electron chi connectivity index (χ4n) is 7.22. The second kappa shape index (κ2) is 11.7. The molecular weight excluding hydrogens is 512 g/mol. The summed E-state index contributed by atoms with van der Waals surface area (Å²) < 4.78 is 36.0. The zero-order chi connectivity index (χ0) is 26.2. The minimum Gasteiger partial charge on any atom is -0.381 e. The lowest BCUT2D eigenvalue weighted by molar-refractivity contribution is -0.131. The van der Waals surface area contributed by atoms with Crippen LogP contribution in [0.2, 0.25) is 0 Å². The number of piperidine rings is 1. The molecule has 0 aromatic rings. The molecule has 12 heteroatoms. The molecule has 0 spiro atoms. The average molecular weight is 555 g/mol. The maximum absolute atomic E-state index is 13.6. The quantitative estimate of drug-likeness (QED) is 0.368. The van der Waals surface area contributed by atoms with Gasteiger partial charge in [-0.05, 0) is 57.3 Å². The number of nitrogens with one attached hydrogen (secondary N) is 4. The van der Waals surface area contributed by atoms with Crippen LogP contribution in [0.3, 0.4) is 0 Å². The van der Waals surface area contributed by atoms with E-state index >= 15 is 0 Å². The third-order valence-corrected chi connectivity index (χ3v) is 12.2. The molecule has 37 heavy (non-hydrogen) atoms. The second-order valence-corrected chi connectivity index (χ2v) is 14.7. The number of hydrogen-bond acceptors (Lipinski definition) is 8. The molecule has 5 aliphatic rings.